The van der Waals surface area contributed by atoms with Crippen LogP contribution in [-0.4, -0.2) is 53.2 Å². The average Bonchev–Trinajstić information content (AvgIpc) is 3.07. The molecule has 2 saturated heterocycles. The van der Waals surface area contributed by atoms with Crippen molar-refractivity contribution in [1.82, 2.24) is 25.3 Å². The number of likely N-dealkylation sites (N-methyl/N-ethyl adjacent to an activating group) is 1. The number of hydrogen-bond acceptors (Lipinski definition) is 4. The number of aromatic nitrogens is 2. The molecule has 8 heteroatoms. The van der Waals surface area contributed by atoms with Crippen molar-refractivity contribution in [2.45, 2.75) is 25.3 Å². The van der Waals surface area contributed by atoms with Gasteiger partial charge in [0.2, 0.25) is 11.8 Å². The number of carbonyl (C=O) groups excluding carboxylic acids is 2. The first-order valence-electron chi connectivity index (χ1n) is 7.74. The van der Waals surface area contributed by atoms with Crippen LogP contribution in [0.5, 0.6) is 0 Å². The van der Waals surface area contributed by atoms with E-state index in [-0.39, 0.29) is 35.7 Å². The number of rotatable bonds is 3. The largest absolute Gasteiger partial charge is 0.355 e. The van der Waals surface area contributed by atoms with Crippen molar-refractivity contribution in [3.63, 3.8) is 0 Å². The molecule has 0 aliphatic carbocycles. The van der Waals surface area contributed by atoms with Gasteiger partial charge in [-0.25, -0.2) is 0 Å². The molecule has 128 valence electrons. The zero-order valence-corrected chi connectivity index (χ0v) is 14.4. The predicted molar refractivity (Wildman–Crippen MR) is 88.1 cm³/mol. The van der Waals surface area contributed by atoms with Crippen LogP contribution in [0.25, 0.3) is 0 Å². The van der Waals surface area contributed by atoms with Crippen molar-refractivity contribution < 1.29 is 9.59 Å². The van der Waals surface area contributed by atoms with Gasteiger partial charge in [0.1, 0.15) is 6.04 Å². The molecule has 2 amide bonds. The summed E-state index contributed by atoms with van der Waals surface area (Å²) in [6, 6.07) is -0.381. The lowest BCUT2D eigenvalue weighted by Crippen LogP contribution is -2.50. The average molecular weight is 342 g/mol. The summed E-state index contributed by atoms with van der Waals surface area (Å²) in [5.41, 5.74) is 0.799. The summed E-state index contributed by atoms with van der Waals surface area (Å²) in [5, 5.41) is 10.1. The Hall–Kier alpha value is -1.60. The molecule has 23 heavy (non-hydrogen) atoms. The zero-order valence-electron chi connectivity index (χ0n) is 13.5. The fraction of sp³-hybridized carbons (Fsp3) is 0.667. The Morgan fingerprint density at radius 1 is 1.52 bits per heavy atom. The molecule has 1 aromatic heterocycles. The minimum atomic E-state index is -0.381. The molecule has 2 atom stereocenters. The lowest BCUT2D eigenvalue weighted by atomic mass is 9.79. The van der Waals surface area contributed by atoms with Gasteiger partial charge in [-0.05, 0) is 19.9 Å². The Labute approximate surface area is 142 Å². The SMILES string of the molecule is CNC(C(=O)N1CCCC2(CNC(=O)C2)C1)c1cnn(C)c1.Cl. The monoisotopic (exact) mass is 341 g/mol. The Morgan fingerprint density at radius 2 is 2.30 bits per heavy atom. The van der Waals surface area contributed by atoms with Crippen LogP contribution in [0.1, 0.15) is 30.9 Å². The van der Waals surface area contributed by atoms with E-state index in [0.29, 0.717) is 19.5 Å². The van der Waals surface area contributed by atoms with Crippen LogP contribution < -0.4 is 10.6 Å². The molecular weight excluding hydrogens is 318 g/mol. The van der Waals surface area contributed by atoms with Gasteiger partial charge in [-0.3, -0.25) is 14.3 Å². The van der Waals surface area contributed by atoms with E-state index in [9.17, 15) is 9.59 Å². The van der Waals surface area contributed by atoms with E-state index in [0.717, 1.165) is 24.9 Å². The Kier molecular flexibility index (Phi) is 5.31. The van der Waals surface area contributed by atoms with Gasteiger partial charge in [-0.1, -0.05) is 0 Å². The number of carbonyl (C=O) groups is 2. The van der Waals surface area contributed by atoms with Gasteiger partial charge >= 0.3 is 0 Å². The maximum atomic E-state index is 12.9. The van der Waals surface area contributed by atoms with Crippen LogP contribution in [0.15, 0.2) is 12.4 Å². The number of halogens is 1. The van der Waals surface area contributed by atoms with Gasteiger partial charge < -0.3 is 15.5 Å². The van der Waals surface area contributed by atoms with Crippen LogP contribution in [0.3, 0.4) is 0 Å². The van der Waals surface area contributed by atoms with E-state index in [1.165, 1.54) is 0 Å². The molecule has 1 aromatic rings. The third kappa shape index (κ3) is 3.50. The smallest absolute Gasteiger partial charge is 0.244 e. The van der Waals surface area contributed by atoms with Crippen molar-refractivity contribution in [3.8, 4) is 0 Å². The number of piperidine rings is 1. The van der Waals surface area contributed by atoms with E-state index in [4.69, 9.17) is 0 Å². The van der Waals surface area contributed by atoms with E-state index < -0.39 is 0 Å². The van der Waals surface area contributed by atoms with Crippen molar-refractivity contribution in [1.29, 1.82) is 0 Å². The molecule has 0 radical (unpaired) electrons. The Morgan fingerprint density at radius 3 is 2.87 bits per heavy atom. The fourth-order valence-corrected chi connectivity index (χ4v) is 3.64. The summed E-state index contributed by atoms with van der Waals surface area (Å²) in [6.45, 7) is 2.10. The summed E-state index contributed by atoms with van der Waals surface area (Å²) >= 11 is 0. The van der Waals surface area contributed by atoms with Crippen molar-refractivity contribution in [2.24, 2.45) is 12.5 Å². The second-order valence-corrected chi connectivity index (χ2v) is 6.49. The molecule has 3 heterocycles. The quantitative estimate of drug-likeness (QED) is 0.825. The van der Waals surface area contributed by atoms with Gasteiger partial charge in [0.25, 0.3) is 0 Å². The van der Waals surface area contributed by atoms with Gasteiger partial charge in [0.05, 0.1) is 6.20 Å². The molecule has 2 aliphatic rings. The lowest BCUT2D eigenvalue weighted by Gasteiger charge is -2.40. The van der Waals surface area contributed by atoms with Gasteiger partial charge in [-0.15, -0.1) is 12.4 Å². The minimum Gasteiger partial charge on any atom is -0.355 e. The number of nitrogens with one attached hydrogen (secondary N) is 2. The maximum Gasteiger partial charge on any atom is 0.244 e. The maximum absolute atomic E-state index is 12.9. The van der Waals surface area contributed by atoms with E-state index in [2.05, 4.69) is 15.7 Å². The van der Waals surface area contributed by atoms with Crippen molar-refractivity contribution in [3.05, 3.63) is 18.0 Å². The zero-order chi connectivity index (χ0) is 15.7. The van der Waals surface area contributed by atoms with Crippen molar-refractivity contribution >= 4 is 24.2 Å². The normalized spacial score (nSPS) is 25.1. The summed E-state index contributed by atoms with van der Waals surface area (Å²) in [5.74, 6) is 0.167. The molecular formula is C15H24ClN5O2. The second kappa shape index (κ2) is 6.88. The second-order valence-electron chi connectivity index (χ2n) is 6.49. The summed E-state index contributed by atoms with van der Waals surface area (Å²) in [7, 11) is 3.63. The number of hydrogen-bond donors (Lipinski definition) is 2. The molecule has 0 saturated carbocycles. The lowest BCUT2D eigenvalue weighted by molar-refractivity contribution is -0.137. The first-order valence-corrected chi connectivity index (χ1v) is 7.74. The van der Waals surface area contributed by atoms with Crippen LogP contribution in [0, 0.1) is 5.41 Å². The number of likely N-dealkylation sites (tertiary alicyclic amines) is 1. The van der Waals surface area contributed by atoms with E-state index in [1.807, 2.05) is 18.1 Å². The highest BCUT2D eigenvalue weighted by atomic mass is 35.5. The van der Waals surface area contributed by atoms with Crippen LogP contribution in [0.4, 0.5) is 0 Å². The fourth-order valence-electron chi connectivity index (χ4n) is 3.64. The molecule has 2 aliphatic heterocycles. The van der Waals surface area contributed by atoms with Crippen LogP contribution in [-0.2, 0) is 16.6 Å². The van der Waals surface area contributed by atoms with Gasteiger partial charge in [0, 0.05) is 50.3 Å². The number of aryl methyl sites for hydroxylation is 1. The van der Waals surface area contributed by atoms with E-state index >= 15 is 0 Å². The molecule has 2 fully saturated rings. The van der Waals surface area contributed by atoms with Crippen LogP contribution in [0.2, 0.25) is 0 Å². The first kappa shape index (κ1) is 17.7. The molecule has 0 bridgehead atoms. The Balaban J connectivity index is 0.00000192. The Bertz CT molecular complexity index is 590. The molecule has 0 aromatic carbocycles. The molecule has 1 spiro atoms. The molecule has 7 nitrogen and oxygen atoms in total. The standard InChI is InChI=1S/C15H23N5O2.ClH/c1-16-13(11-7-18-19(2)8-11)14(22)20-5-3-4-15(10-20)6-12(21)17-9-15;/h7-8,13,16H,3-6,9-10H2,1-2H3,(H,17,21);1H. The predicted octanol–water partition coefficient (Wildman–Crippen LogP) is 0.231. The van der Waals surface area contributed by atoms with E-state index in [1.54, 1.807) is 17.9 Å². The summed E-state index contributed by atoms with van der Waals surface area (Å²) in [6.07, 6.45) is 6.07. The molecule has 3 rings (SSSR count). The number of nitrogens with zero attached hydrogens (tertiary/aromatic N) is 3. The molecule has 2 N–H and O–H groups in total. The number of amides is 2. The third-order valence-corrected chi connectivity index (χ3v) is 4.76. The topological polar surface area (TPSA) is 79.3 Å². The van der Waals surface area contributed by atoms with Crippen molar-refractivity contribution in [2.75, 3.05) is 26.7 Å². The summed E-state index contributed by atoms with van der Waals surface area (Å²) < 4.78 is 1.70. The highest BCUT2D eigenvalue weighted by molar-refractivity contribution is 5.85. The highest BCUT2D eigenvalue weighted by Crippen LogP contribution is 2.36. The minimum absolute atomic E-state index is 0. The third-order valence-electron chi connectivity index (χ3n) is 4.76. The van der Waals surface area contributed by atoms with Gasteiger partial charge in [0.15, 0.2) is 0 Å². The first-order chi connectivity index (χ1) is 10.5. The van der Waals surface area contributed by atoms with Crippen LogP contribution >= 0.6 is 12.4 Å². The van der Waals surface area contributed by atoms with Gasteiger partial charge in [-0.2, -0.15) is 5.10 Å². The molecule has 2 unspecified atom stereocenters. The highest BCUT2D eigenvalue weighted by Gasteiger charge is 2.43. The summed E-state index contributed by atoms with van der Waals surface area (Å²) in [4.78, 5) is 26.4.